The van der Waals surface area contributed by atoms with Crippen LogP contribution in [0.4, 0.5) is 5.69 Å². The molecule has 0 saturated heterocycles. The van der Waals surface area contributed by atoms with Crippen molar-refractivity contribution in [2.75, 3.05) is 25.0 Å². The first-order chi connectivity index (χ1) is 15.6. The predicted molar refractivity (Wildman–Crippen MR) is 129 cm³/mol. The Morgan fingerprint density at radius 2 is 1.94 bits per heavy atom. The summed E-state index contributed by atoms with van der Waals surface area (Å²) in [5, 5.41) is 3.13. The molecule has 32 heavy (non-hydrogen) atoms. The Morgan fingerprint density at radius 1 is 1.09 bits per heavy atom. The highest BCUT2D eigenvalue weighted by Gasteiger charge is 2.49. The first kappa shape index (κ1) is 21.1. The maximum atomic E-state index is 13.1. The minimum Gasteiger partial charge on any atom is -0.325 e. The second-order valence-electron chi connectivity index (χ2n) is 9.56. The Kier molecular flexibility index (Phi) is 5.73. The van der Waals surface area contributed by atoms with E-state index in [-0.39, 0.29) is 11.7 Å². The zero-order valence-electron chi connectivity index (χ0n) is 19.0. The van der Waals surface area contributed by atoms with Gasteiger partial charge >= 0.3 is 0 Å². The monoisotopic (exact) mass is 428 g/mol. The van der Waals surface area contributed by atoms with Gasteiger partial charge in [-0.2, -0.15) is 0 Å². The van der Waals surface area contributed by atoms with E-state index >= 15 is 0 Å². The fraction of sp³-hybridized carbons (Fsp3) is 0.429. The van der Waals surface area contributed by atoms with Crippen LogP contribution in [-0.2, 0) is 16.6 Å². The maximum absolute atomic E-state index is 13.1. The Balaban J connectivity index is 1.22. The molecule has 0 spiro atoms. The van der Waals surface area contributed by atoms with Crippen LogP contribution in [-0.4, -0.2) is 36.2 Å². The molecule has 2 heterocycles. The van der Waals surface area contributed by atoms with E-state index < -0.39 is 5.41 Å². The number of ketones is 1. The van der Waals surface area contributed by atoms with E-state index in [9.17, 15) is 9.59 Å². The van der Waals surface area contributed by atoms with Gasteiger partial charge in [-0.15, -0.1) is 0 Å². The summed E-state index contributed by atoms with van der Waals surface area (Å²) in [7, 11) is 0. The molecule has 1 amide bonds. The van der Waals surface area contributed by atoms with E-state index in [0.29, 0.717) is 0 Å². The van der Waals surface area contributed by atoms with Gasteiger partial charge in [0.2, 0.25) is 5.91 Å². The lowest BCUT2D eigenvalue weighted by atomic mass is 9.67. The summed E-state index contributed by atoms with van der Waals surface area (Å²) in [6.45, 7) is 4.81. The average molecular weight is 429 g/mol. The molecule has 0 saturated carbocycles. The van der Waals surface area contributed by atoms with Crippen LogP contribution < -0.4 is 5.32 Å². The van der Waals surface area contributed by atoms with Crippen LogP contribution >= 0.6 is 0 Å². The van der Waals surface area contributed by atoms with Crippen LogP contribution in [0, 0.1) is 0 Å². The molecule has 5 rings (SSSR count). The van der Waals surface area contributed by atoms with E-state index in [0.717, 1.165) is 87.0 Å². The first-order valence-corrected chi connectivity index (χ1v) is 12.0. The van der Waals surface area contributed by atoms with Crippen molar-refractivity contribution in [2.24, 2.45) is 0 Å². The number of benzene rings is 2. The highest BCUT2D eigenvalue weighted by Crippen LogP contribution is 2.50. The topological polar surface area (TPSA) is 49.4 Å². The summed E-state index contributed by atoms with van der Waals surface area (Å²) >= 11 is 0. The van der Waals surface area contributed by atoms with Gasteiger partial charge in [0.1, 0.15) is 0 Å². The molecule has 0 aromatic heterocycles. The standard InChI is InChI=1S/C28H32N2O2/c1-20(31)23-11-12-25-26-24(23)10-7-16-28(26,27(32)29-25)15-5-6-17-30-18-13-22(14-19-30)21-8-3-2-4-9-21/h2-4,8-9,11-13H,5-7,10,14-19H2,1H3,(H,29,32). The number of nitrogens with one attached hydrogen (secondary N) is 1. The molecule has 0 fully saturated rings. The van der Waals surface area contributed by atoms with E-state index in [4.69, 9.17) is 0 Å². The van der Waals surface area contributed by atoms with Crippen LogP contribution in [0.25, 0.3) is 5.57 Å². The highest BCUT2D eigenvalue weighted by atomic mass is 16.2. The van der Waals surface area contributed by atoms with Gasteiger partial charge < -0.3 is 5.32 Å². The molecule has 2 aromatic carbocycles. The molecular formula is C28H32N2O2. The number of hydrogen-bond donors (Lipinski definition) is 1. The third-order valence-electron chi connectivity index (χ3n) is 7.65. The number of nitrogens with zero attached hydrogens (tertiary/aromatic N) is 1. The normalized spacial score (nSPS) is 22.3. The molecular weight excluding hydrogens is 396 g/mol. The predicted octanol–water partition coefficient (Wildman–Crippen LogP) is 5.38. The third-order valence-corrected chi connectivity index (χ3v) is 7.65. The summed E-state index contributed by atoms with van der Waals surface area (Å²) in [6, 6.07) is 14.5. The van der Waals surface area contributed by atoms with E-state index in [2.05, 4.69) is 46.6 Å². The van der Waals surface area contributed by atoms with Gasteiger partial charge in [0, 0.05) is 24.3 Å². The smallest absolute Gasteiger partial charge is 0.235 e. The maximum Gasteiger partial charge on any atom is 0.235 e. The summed E-state index contributed by atoms with van der Waals surface area (Å²) in [5.41, 5.74) is 6.36. The fourth-order valence-corrected chi connectivity index (χ4v) is 6.00. The number of carbonyl (C=O) groups is 2. The number of Topliss-reactive ketones (excluding diaryl/α,β-unsaturated/α-hetero) is 1. The number of carbonyl (C=O) groups excluding carboxylic acids is 2. The molecule has 4 nitrogen and oxygen atoms in total. The highest BCUT2D eigenvalue weighted by molar-refractivity contribution is 6.09. The molecule has 1 unspecified atom stereocenters. The molecule has 0 radical (unpaired) electrons. The summed E-state index contributed by atoms with van der Waals surface area (Å²) in [4.78, 5) is 27.8. The number of amides is 1. The second-order valence-corrected chi connectivity index (χ2v) is 9.56. The average Bonchev–Trinajstić information content (AvgIpc) is 3.11. The molecule has 1 aliphatic carbocycles. The Labute approximate surface area is 190 Å². The summed E-state index contributed by atoms with van der Waals surface area (Å²) in [5.74, 6) is 0.244. The fourth-order valence-electron chi connectivity index (χ4n) is 6.00. The van der Waals surface area contributed by atoms with Crippen LogP contribution in [0.15, 0.2) is 48.5 Å². The molecule has 0 bridgehead atoms. The second kappa shape index (κ2) is 8.67. The van der Waals surface area contributed by atoms with Crippen LogP contribution in [0.1, 0.15) is 72.5 Å². The largest absolute Gasteiger partial charge is 0.325 e. The molecule has 1 N–H and O–H groups in total. The van der Waals surface area contributed by atoms with Crippen molar-refractivity contribution in [2.45, 2.75) is 57.3 Å². The first-order valence-electron chi connectivity index (χ1n) is 12.0. The molecule has 3 aliphatic rings. The van der Waals surface area contributed by atoms with Crippen molar-refractivity contribution in [1.29, 1.82) is 0 Å². The van der Waals surface area contributed by atoms with Gasteiger partial charge in [-0.1, -0.05) is 42.8 Å². The summed E-state index contributed by atoms with van der Waals surface area (Å²) < 4.78 is 0. The van der Waals surface area contributed by atoms with Gasteiger partial charge in [0.15, 0.2) is 5.78 Å². The quantitative estimate of drug-likeness (QED) is 0.476. The van der Waals surface area contributed by atoms with Crippen molar-refractivity contribution in [3.05, 3.63) is 70.8 Å². The van der Waals surface area contributed by atoms with Gasteiger partial charge in [0.25, 0.3) is 0 Å². The minimum absolute atomic E-state index is 0.103. The lowest BCUT2D eigenvalue weighted by Gasteiger charge is -2.34. The lowest BCUT2D eigenvalue weighted by molar-refractivity contribution is -0.121. The van der Waals surface area contributed by atoms with Crippen molar-refractivity contribution >= 4 is 23.0 Å². The minimum atomic E-state index is -0.434. The van der Waals surface area contributed by atoms with E-state index in [1.807, 2.05) is 12.1 Å². The zero-order chi connectivity index (χ0) is 22.1. The van der Waals surface area contributed by atoms with Crippen molar-refractivity contribution in [1.82, 2.24) is 4.90 Å². The lowest BCUT2D eigenvalue weighted by Crippen LogP contribution is -2.38. The van der Waals surface area contributed by atoms with Crippen molar-refractivity contribution < 1.29 is 9.59 Å². The molecule has 1 atom stereocenters. The molecule has 2 aromatic rings. The van der Waals surface area contributed by atoms with Gasteiger partial charge in [-0.25, -0.2) is 0 Å². The Hall–Kier alpha value is -2.72. The molecule has 2 aliphatic heterocycles. The summed E-state index contributed by atoms with van der Waals surface area (Å²) in [6.07, 6.45) is 9.24. The van der Waals surface area contributed by atoms with Crippen LogP contribution in [0.5, 0.6) is 0 Å². The number of anilines is 1. The van der Waals surface area contributed by atoms with Gasteiger partial charge in [0.05, 0.1) is 5.41 Å². The zero-order valence-corrected chi connectivity index (χ0v) is 19.0. The Morgan fingerprint density at radius 3 is 2.69 bits per heavy atom. The van der Waals surface area contributed by atoms with E-state index in [1.54, 1.807) is 6.92 Å². The van der Waals surface area contributed by atoms with Gasteiger partial charge in [-0.3, -0.25) is 14.5 Å². The van der Waals surface area contributed by atoms with Crippen LogP contribution in [0.2, 0.25) is 0 Å². The number of unbranched alkanes of at least 4 members (excludes halogenated alkanes) is 1. The SMILES string of the molecule is CC(=O)c1ccc2c3c1CCCC3(CCCCN1CC=C(c3ccccc3)CC1)C(=O)N2. The third kappa shape index (κ3) is 3.71. The molecule has 4 heteroatoms. The van der Waals surface area contributed by atoms with E-state index in [1.165, 1.54) is 11.1 Å². The van der Waals surface area contributed by atoms with Crippen LogP contribution in [0.3, 0.4) is 0 Å². The number of rotatable bonds is 7. The molecule has 166 valence electrons. The van der Waals surface area contributed by atoms with Gasteiger partial charge in [-0.05, 0) is 86.4 Å². The van der Waals surface area contributed by atoms with Crippen molar-refractivity contribution in [3.8, 4) is 0 Å². The number of hydrogen-bond acceptors (Lipinski definition) is 3. The van der Waals surface area contributed by atoms with Crippen molar-refractivity contribution in [3.63, 3.8) is 0 Å². The Bertz CT molecular complexity index is 1070.